The predicted octanol–water partition coefficient (Wildman–Crippen LogP) is 3.72. The zero-order valence-electron chi connectivity index (χ0n) is 11.0. The molecule has 0 aliphatic carbocycles. The highest BCUT2D eigenvalue weighted by molar-refractivity contribution is 6.30. The average Bonchev–Trinajstić information content (AvgIpc) is 2.42. The fraction of sp³-hybridized carbons (Fsp3) is 0.188. The van der Waals surface area contributed by atoms with Crippen molar-refractivity contribution in [1.82, 2.24) is 0 Å². The first-order valence-corrected chi connectivity index (χ1v) is 6.63. The van der Waals surface area contributed by atoms with Gasteiger partial charge in [0.25, 0.3) is 0 Å². The molecule has 0 spiro atoms. The zero-order valence-corrected chi connectivity index (χ0v) is 11.8. The number of ether oxygens (including phenoxy) is 1. The van der Waals surface area contributed by atoms with Gasteiger partial charge in [-0.1, -0.05) is 35.9 Å². The Morgan fingerprint density at radius 2 is 1.95 bits per heavy atom. The Bertz CT molecular complexity index is 596. The lowest BCUT2D eigenvalue weighted by Crippen LogP contribution is -2.29. The third-order valence-corrected chi connectivity index (χ3v) is 3.24. The van der Waals surface area contributed by atoms with Crippen molar-refractivity contribution in [2.45, 2.75) is 19.4 Å². The molecule has 0 bridgehead atoms. The van der Waals surface area contributed by atoms with E-state index in [4.69, 9.17) is 16.3 Å². The van der Waals surface area contributed by atoms with E-state index in [0.717, 1.165) is 11.1 Å². The first-order chi connectivity index (χ1) is 9.56. The summed E-state index contributed by atoms with van der Waals surface area (Å²) < 4.78 is 5.53. The van der Waals surface area contributed by atoms with E-state index in [1.807, 2.05) is 37.3 Å². The van der Waals surface area contributed by atoms with E-state index in [1.54, 1.807) is 18.2 Å². The van der Waals surface area contributed by atoms with Gasteiger partial charge in [-0.2, -0.15) is 0 Å². The Labute approximate surface area is 122 Å². The van der Waals surface area contributed by atoms with Crippen LogP contribution in [0.1, 0.15) is 11.1 Å². The van der Waals surface area contributed by atoms with Crippen molar-refractivity contribution in [1.29, 1.82) is 0 Å². The number of aryl methyl sites for hydroxylation is 1. The summed E-state index contributed by atoms with van der Waals surface area (Å²) in [5.74, 6) is -0.435. The molecule has 2 aromatic rings. The molecule has 0 saturated heterocycles. The van der Waals surface area contributed by atoms with Gasteiger partial charge in [-0.3, -0.25) is 0 Å². The molecule has 104 valence electrons. The molecule has 0 aromatic heterocycles. The van der Waals surface area contributed by atoms with Crippen molar-refractivity contribution in [2.75, 3.05) is 0 Å². The first-order valence-electron chi connectivity index (χ1n) is 6.26. The standard InChI is InChI=1S/C16H15ClO3/c1-11-9-13(17)8-7-12(11)10-15(16(18)19)20-14-5-3-2-4-6-14/h2-9,15H,10H2,1H3,(H,18,19). The largest absolute Gasteiger partial charge is 0.478 e. The molecular weight excluding hydrogens is 276 g/mol. The van der Waals surface area contributed by atoms with Crippen molar-refractivity contribution < 1.29 is 14.6 Å². The zero-order chi connectivity index (χ0) is 14.5. The minimum atomic E-state index is -0.983. The Morgan fingerprint density at radius 3 is 2.55 bits per heavy atom. The van der Waals surface area contributed by atoms with E-state index in [2.05, 4.69) is 0 Å². The maximum Gasteiger partial charge on any atom is 0.345 e. The highest BCUT2D eigenvalue weighted by Gasteiger charge is 2.20. The number of rotatable bonds is 5. The highest BCUT2D eigenvalue weighted by Crippen LogP contribution is 2.19. The van der Waals surface area contributed by atoms with Crippen molar-refractivity contribution in [3.05, 3.63) is 64.7 Å². The molecule has 0 aliphatic rings. The Morgan fingerprint density at radius 1 is 1.25 bits per heavy atom. The maximum atomic E-state index is 11.3. The molecule has 20 heavy (non-hydrogen) atoms. The number of carbonyl (C=O) groups is 1. The predicted molar refractivity (Wildman–Crippen MR) is 78.4 cm³/mol. The lowest BCUT2D eigenvalue weighted by Gasteiger charge is -2.16. The molecule has 1 unspecified atom stereocenters. The fourth-order valence-electron chi connectivity index (χ4n) is 1.93. The third kappa shape index (κ3) is 3.75. The number of benzene rings is 2. The van der Waals surface area contributed by atoms with Crippen LogP contribution in [0.2, 0.25) is 5.02 Å². The SMILES string of the molecule is Cc1cc(Cl)ccc1CC(Oc1ccccc1)C(=O)O. The van der Waals surface area contributed by atoms with Gasteiger partial charge < -0.3 is 9.84 Å². The van der Waals surface area contributed by atoms with Crippen LogP contribution >= 0.6 is 11.6 Å². The first kappa shape index (κ1) is 14.4. The number of carboxylic acid groups (broad SMARTS) is 1. The number of hydrogen-bond acceptors (Lipinski definition) is 2. The Balaban J connectivity index is 2.15. The molecule has 0 aliphatic heterocycles. The van der Waals surface area contributed by atoms with E-state index in [-0.39, 0.29) is 0 Å². The summed E-state index contributed by atoms with van der Waals surface area (Å²) in [6.07, 6.45) is -0.620. The van der Waals surface area contributed by atoms with Crippen LogP contribution < -0.4 is 4.74 Å². The molecule has 0 amide bonds. The minimum Gasteiger partial charge on any atom is -0.478 e. The molecule has 2 rings (SSSR count). The van der Waals surface area contributed by atoms with Gasteiger partial charge in [0.2, 0.25) is 0 Å². The van der Waals surface area contributed by atoms with Crippen LogP contribution in [0.25, 0.3) is 0 Å². The number of carboxylic acids is 1. The quantitative estimate of drug-likeness (QED) is 0.913. The second kappa shape index (κ2) is 6.44. The van der Waals surface area contributed by atoms with E-state index >= 15 is 0 Å². The van der Waals surface area contributed by atoms with Gasteiger partial charge >= 0.3 is 5.97 Å². The van der Waals surface area contributed by atoms with Gasteiger partial charge in [0.1, 0.15) is 5.75 Å². The molecule has 0 fully saturated rings. The third-order valence-electron chi connectivity index (χ3n) is 3.01. The second-order valence-corrected chi connectivity index (χ2v) is 4.97. The molecule has 1 N–H and O–H groups in total. The van der Waals surface area contributed by atoms with Gasteiger partial charge in [0.05, 0.1) is 0 Å². The van der Waals surface area contributed by atoms with Crippen LogP contribution in [0.3, 0.4) is 0 Å². The van der Waals surface area contributed by atoms with E-state index < -0.39 is 12.1 Å². The number of aliphatic carboxylic acids is 1. The number of para-hydroxylation sites is 1. The lowest BCUT2D eigenvalue weighted by atomic mass is 10.0. The molecule has 0 saturated carbocycles. The van der Waals surface area contributed by atoms with Gasteiger partial charge in [-0.15, -0.1) is 0 Å². The Kier molecular flexibility index (Phi) is 4.64. The number of hydrogen-bond donors (Lipinski definition) is 1. The highest BCUT2D eigenvalue weighted by atomic mass is 35.5. The summed E-state index contributed by atoms with van der Waals surface area (Å²) in [6.45, 7) is 1.91. The summed E-state index contributed by atoms with van der Waals surface area (Å²) in [5.41, 5.74) is 1.87. The molecule has 4 heteroatoms. The summed E-state index contributed by atoms with van der Waals surface area (Å²) in [4.78, 5) is 11.3. The normalized spacial score (nSPS) is 11.9. The van der Waals surface area contributed by atoms with Crippen molar-refractivity contribution in [2.24, 2.45) is 0 Å². The van der Waals surface area contributed by atoms with Gasteiger partial charge in [-0.25, -0.2) is 4.79 Å². The van der Waals surface area contributed by atoms with Crippen molar-refractivity contribution in [3.8, 4) is 5.75 Å². The molecule has 1 atom stereocenters. The Hall–Kier alpha value is -2.00. The van der Waals surface area contributed by atoms with Crippen molar-refractivity contribution >= 4 is 17.6 Å². The summed E-state index contributed by atoms with van der Waals surface area (Å²) >= 11 is 5.90. The van der Waals surface area contributed by atoms with Crippen LogP contribution in [0.5, 0.6) is 5.75 Å². The van der Waals surface area contributed by atoms with Crippen LogP contribution in [-0.4, -0.2) is 17.2 Å². The molecule has 2 aromatic carbocycles. The van der Waals surface area contributed by atoms with E-state index in [9.17, 15) is 9.90 Å². The smallest absolute Gasteiger partial charge is 0.345 e. The average molecular weight is 291 g/mol. The van der Waals surface area contributed by atoms with Crippen molar-refractivity contribution in [3.63, 3.8) is 0 Å². The van der Waals surface area contributed by atoms with Gasteiger partial charge in [-0.05, 0) is 42.3 Å². The fourth-order valence-corrected chi connectivity index (χ4v) is 2.16. The molecule has 3 nitrogen and oxygen atoms in total. The lowest BCUT2D eigenvalue weighted by molar-refractivity contribution is -0.145. The maximum absolute atomic E-state index is 11.3. The minimum absolute atomic E-state index is 0.299. The van der Waals surface area contributed by atoms with Crippen LogP contribution in [0.15, 0.2) is 48.5 Å². The summed E-state index contributed by atoms with van der Waals surface area (Å²) in [7, 11) is 0. The second-order valence-electron chi connectivity index (χ2n) is 4.53. The molecule has 0 radical (unpaired) electrons. The van der Waals surface area contributed by atoms with Crippen LogP contribution in [-0.2, 0) is 11.2 Å². The van der Waals surface area contributed by atoms with E-state index in [1.165, 1.54) is 0 Å². The number of halogens is 1. The summed E-state index contributed by atoms with van der Waals surface area (Å²) in [6, 6.07) is 14.4. The summed E-state index contributed by atoms with van der Waals surface area (Å²) in [5, 5.41) is 9.93. The topological polar surface area (TPSA) is 46.5 Å². The van der Waals surface area contributed by atoms with E-state index in [0.29, 0.717) is 17.2 Å². The monoisotopic (exact) mass is 290 g/mol. The van der Waals surface area contributed by atoms with Crippen LogP contribution in [0.4, 0.5) is 0 Å². The molecular formula is C16H15ClO3. The van der Waals surface area contributed by atoms with Crippen LogP contribution in [0, 0.1) is 6.92 Å². The van der Waals surface area contributed by atoms with Gasteiger partial charge in [0.15, 0.2) is 6.10 Å². The van der Waals surface area contributed by atoms with Gasteiger partial charge in [0, 0.05) is 11.4 Å². The molecule has 0 heterocycles.